The molecule has 3 N–H and O–H groups in total. The number of amides is 1. The number of thiophene rings is 1. The van der Waals surface area contributed by atoms with Gasteiger partial charge in [-0.25, -0.2) is 10.1 Å². The van der Waals surface area contributed by atoms with Crippen molar-refractivity contribution in [2.45, 2.75) is 32.9 Å². The predicted molar refractivity (Wildman–Crippen MR) is 141 cm³/mol. The average Bonchev–Trinajstić information content (AvgIpc) is 3.56. The summed E-state index contributed by atoms with van der Waals surface area (Å²) < 4.78 is 1.85. The molecule has 0 bridgehead atoms. The minimum Gasteiger partial charge on any atom is -0.389 e. The Morgan fingerprint density at radius 1 is 1.28 bits per heavy atom. The number of aliphatic hydroxyl groups is 1. The van der Waals surface area contributed by atoms with Crippen LogP contribution in [0.5, 0.6) is 0 Å². The number of aromatic nitrogens is 4. The number of fused-ring (bicyclic) bond motifs is 1. The van der Waals surface area contributed by atoms with Crippen LogP contribution in [-0.4, -0.2) is 75.8 Å². The summed E-state index contributed by atoms with van der Waals surface area (Å²) in [6.07, 6.45) is 3.43. The van der Waals surface area contributed by atoms with Crippen LogP contribution in [0.3, 0.4) is 0 Å². The minimum atomic E-state index is -0.374. The second-order valence-electron chi connectivity index (χ2n) is 9.11. The Morgan fingerprint density at radius 2 is 2.08 bits per heavy atom. The number of hydrogen-bond acceptors (Lipinski definition) is 7. The van der Waals surface area contributed by atoms with Crippen molar-refractivity contribution in [3.8, 4) is 21.8 Å². The third-order valence-electron chi connectivity index (χ3n) is 6.73. The first kappa shape index (κ1) is 24.4. The maximum atomic E-state index is 13.2. The van der Waals surface area contributed by atoms with Crippen molar-refractivity contribution in [1.29, 1.82) is 0 Å². The van der Waals surface area contributed by atoms with Crippen molar-refractivity contribution in [3.05, 3.63) is 53.7 Å². The van der Waals surface area contributed by atoms with Crippen LogP contribution in [0.1, 0.15) is 31.1 Å². The highest BCUT2D eigenvalue weighted by Crippen LogP contribution is 2.28. The number of carbonyl (C=O) groups excluding carboxylic acids is 1. The highest BCUT2D eigenvalue weighted by Gasteiger charge is 2.28. The number of aromatic amines is 1. The molecule has 1 aliphatic rings. The number of hydrogen-bond donors (Lipinski definition) is 3. The van der Waals surface area contributed by atoms with Gasteiger partial charge in [-0.05, 0) is 48.6 Å². The smallest absolute Gasteiger partial charge is 0.358 e. The van der Waals surface area contributed by atoms with Crippen molar-refractivity contribution >= 4 is 28.7 Å². The van der Waals surface area contributed by atoms with Gasteiger partial charge in [0.25, 0.3) is 5.91 Å². The quantitative estimate of drug-likeness (QED) is 0.302. The van der Waals surface area contributed by atoms with Gasteiger partial charge in [0.05, 0.1) is 22.9 Å². The molecule has 0 unspecified atom stereocenters. The van der Waals surface area contributed by atoms with Crippen LogP contribution in [0, 0.1) is 0 Å². The molecule has 5 rings (SSSR count). The van der Waals surface area contributed by atoms with Crippen molar-refractivity contribution in [3.63, 3.8) is 0 Å². The lowest BCUT2D eigenvalue weighted by Gasteiger charge is -2.37. The van der Waals surface area contributed by atoms with Gasteiger partial charge >= 0.3 is 5.65 Å². The first-order valence-electron chi connectivity index (χ1n) is 12.4. The van der Waals surface area contributed by atoms with E-state index in [2.05, 4.69) is 36.1 Å². The predicted octanol–water partition coefficient (Wildman–Crippen LogP) is 2.58. The molecule has 0 spiro atoms. The van der Waals surface area contributed by atoms with Gasteiger partial charge in [-0.15, -0.1) is 15.9 Å². The summed E-state index contributed by atoms with van der Waals surface area (Å²) in [5.74, 6) is 0.535. The summed E-state index contributed by atoms with van der Waals surface area (Å²) in [5, 5.41) is 18.2. The van der Waals surface area contributed by atoms with Gasteiger partial charge in [-0.3, -0.25) is 9.69 Å². The molecule has 1 atom stereocenters. The van der Waals surface area contributed by atoms with Crippen LogP contribution in [0.2, 0.25) is 0 Å². The topological polar surface area (TPSA) is 101 Å². The standard InChI is InChI=1S/C26H31N7O2S/c1-4-31(5-2)17(3)13-27-26(35)18-11-22(29-24(12-18)32-15-19(34)16-32)20-14-28-33-9-8-21(30-25(20)33)23-7-6-10-36-23/h6-12,14,17,19,34H,4-5,13,15-16H2,1-3H3,(H,27,35)/p+1/t17-/m0/s1. The van der Waals surface area contributed by atoms with Crippen molar-refractivity contribution < 1.29 is 14.4 Å². The number of nitrogens with zero attached hydrogens (tertiary/aromatic N) is 5. The first-order valence-corrected chi connectivity index (χ1v) is 13.3. The van der Waals surface area contributed by atoms with Gasteiger partial charge in [0.1, 0.15) is 17.6 Å². The molecule has 1 amide bonds. The van der Waals surface area contributed by atoms with Crippen molar-refractivity contribution in [2.75, 3.05) is 37.6 Å². The van der Waals surface area contributed by atoms with Gasteiger partial charge < -0.3 is 15.3 Å². The Morgan fingerprint density at radius 3 is 2.78 bits per heavy atom. The molecule has 188 valence electrons. The Balaban J connectivity index is 1.49. The zero-order valence-electron chi connectivity index (χ0n) is 20.8. The Hall–Kier alpha value is -3.34. The number of anilines is 1. The molecule has 1 saturated heterocycles. The van der Waals surface area contributed by atoms with E-state index in [9.17, 15) is 9.90 Å². The van der Waals surface area contributed by atoms with Crippen LogP contribution in [0.25, 0.3) is 27.5 Å². The van der Waals surface area contributed by atoms with E-state index in [1.165, 1.54) is 0 Å². The van der Waals surface area contributed by atoms with E-state index in [1.54, 1.807) is 17.4 Å². The number of H-pyrrole nitrogens is 1. The fourth-order valence-corrected chi connectivity index (χ4v) is 5.27. The number of pyridine rings is 1. The number of nitrogens with one attached hydrogen (secondary N) is 2. The van der Waals surface area contributed by atoms with Crippen molar-refractivity contribution in [1.82, 2.24) is 25.3 Å². The van der Waals surface area contributed by atoms with Crippen LogP contribution < -0.4 is 14.7 Å². The van der Waals surface area contributed by atoms with E-state index in [0.29, 0.717) is 36.7 Å². The zero-order chi connectivity index (χ0) is 25.2. The molecule has 9 nitrogen and oxygen atoms in total. The molecule has 0 aromatic carbocycles. The van der Waals surface area contributed by atoms with Crippen molar-refractivity contribution in [2.24, 2.45) is 0 Å². The molecule has 36 heavy (non-hydrogen) atoms. The third kappa shape index (κ3) is 4.84. The van der Waals surface area contributed by atoms with E-state index < -0.39 is 0 Å². The molecule has 4 aromatic heterocycles. The fraction of sp³-hybridized carbons (Fsp3) is 0.385. The monoisotopic (exact) mass is 506 g/mol. The summed E-state index contributed by atoms with van der Waals surface area (Å²) in [4.78, 5) is 28.4. The molecule has 0 aliphatic carbocycles. The molecule has 4 aromatic rings. The van der Waals surface area contributed by atoms with Crippen LogP contribution in [-0.2, 0) is 0 Å². The summed E-state index contributed by atoms with van der Waals surface area (Å²) in [6.45, 7) is 9.81. The van der Waals surface area contributed by atoms with Gasteiger partial charge in [0.2, 0.25) is 0 Å². The van der Waals surface area contributed by atoms with Gasteiger partial charge in [0.15, 0.2) is 5.69 Å². The van der Waals surface area contributed by atoms with E-state index in [-0.39, 0.29) is 18.1 Å². The van der Waals surface area contributed by atoms with Crippen LogP contribution in [0.4, 0.5) is 5.82 Å². The zero-order valence-corrected chi connectivity index (χ0v) is 21.6. The molecule has 10 heteroatoms. The lowest BCUT2D eigenvalue weighted by molar-refractivity contribution is -0.578. The molecule has 0 saturated carbocycles. The SMILES string of the molecule is CCN(CC)[C@@H](C)CNC(=O)c1cc(-c2c[nH][n+]3ccc(-c4cccs4)nc23)nc(N2CC(O)C2)c1. The van der Waals surface area contributed by atoms with Gasteiger partial charge in [0, 0.05) is 37.3 Å². The van der Waals surface area contributed by atoms with Gasteiger partial charge in [-0.1, -0.05) is 19.9 Å². The molecule has 1 fully saturated rings. The van der Waals surface area contributed by atoms with Gasteiger partial charge in [-0.2, -0.15) is 0 Å². The maximum absolute atomic E-state index is 13.2. The highest BCUT2D eigenvalue weighted by molar-refractivity contribution is 7.13. The molecule has 5 heterocycles. The molecule has 1 aliphatic heterocycles. The molecule has 0 radical (unpaired) electrons. The fourth-order valence-electron chi connectivity index (χ4n) is 4.57. The highest BCUT2D eigenvalue weighted by atomic mass is 32.1. The molecular weight excluding hydrogens is 474 g/mol. The second kappa shape index (κ2) is 10.3. The minimum absolute atomic E-state index is 0.139. The van der Waals surface area contributed by atoms with Crippen LogP contribution in [0.15, 0.2) is 48.1 Å². The Labute approximate surface area is 214 Å². The normalized spacial score (nSPS) is 14.9. The number of likely N-dealkylation sites (N-methyl/N-ethyl adjacent to an activating group) is 1. The lowest BCUT2D eigenvalue weighted by Crippen LogP contribution is -2.51. The van der Waals surface area contributed by atoms with E-state index in [4.69, 9.17) is 9.97 Å². The maximum Gasteiger partial charge on any atom is 0.358 e. The van der Waals surface area contributed by atoms with Crippen LogP contribution >= 0.6 is 11.3 Å². The Kier molecular flexibility index (Phi) is 6.99. The number of aliphatic hydroxyl groups excluding tert-OH is 1. The van der Waals surface area contributed by atoms with E-state index >= 15 is 0 Å². The van der Waals surface area contributed by atoms with E-state index in [1.807, 2.05) is 51.5 Å². The third-order valence-corrected chi connectivity index (χ3v) is 7.62. The van der Waals surface area contributed by atoms with E-state index in [0.717, 1.165) is 34.9 Å². The average molecular weight is 507 g/mol. The summed E-state index contributed by atoms with van der Waals surface area (Å²) >= 11 is 1.64. The largest absolute Gasteiger partial charge is 0.389 e. The summed E-state index contributed by atoms with van der Waals surface area (Å²) in [7, 11) is 0. The summed E-state index contributed by atoms with van der Waals surface area (Å²) in [5.41, 5.74) is 3.62. The lowest BCUT2D eigenvalue weighted by atomic mass is 10.1. The number of rotatable bonds is 9. The summed E-state index contributed by atoms with van der Waals surface area (Å²) in [6, 6.07) is 9.89. The Bertz CT molecular complexity index is 1340. The molecular formula is C26H32N7O2S+. The first-order chi connectivity index (χ1) is 17.5. The number of carbonyl (C=O) groups is 1. The second-order valence-corrected chi connectivity index (χ2v) is 10.1. The number of β-amino-alcohol motifs (C(OH)–C–C–N with tert-alkyl or cyclic N) is 1.